The summed E-state index contributed by atoms with van der Waals surface area (Å²) in [5.41, 5.74) is 36.0. The Morgan fingerprint density at radius 2 is 0.529 bits per heavy atom. The lowest BCUT2D eigenvalue weighted by molar-refractivity contribution is 1.18. The Kier molecular flexibility index (Phi) is 11.5. The van der Waals surface area contributed by atoms with E-state index in [0.717, 1.165) is 12.8 Å². The zero-order chi connectivity index (χ0) is 66.4. The first-order chi connectivity index (χ1) is 50.6. The zero-order valence-electron chi connectivity index (χ0n) is 55.5. The van der Waals surface area contributed by atoms with Gasteiger partial charge in [-0.25, -0.2) is 0 Å². The highest BCUT2D eigenvalue weighted by molar-refractivity contribution is 6.25. The molecule has 6 heterocycles. The molecule has 16 aromatic carbocycles. The van der Waals surface area contributed by atoms with Crippen molar-refractivity contribution in [2.24, 2.45) is 0 Å². The molecule has 0 fully saturated rings. The summed E-state index contributed by atoms with van der Waals surface area (Å²) in [5.74, 6) is 0. The quantitative estimate of drug-likeness (QED) is 0.158. The molecule has 102 heavy (non-hydrogen) atoms. The third-order valence-electron chi connectivity index (χ3n) is 23.0. The van der Waals surface area contributed by atoms with Crippen molar-refractivity contribution < 1.29 is 0 Å². The summed E-state index contributed by atoms with van der Waals surface area (Å²) in [5, 5.41) is 15.6. The van der Waals surface area contributed by atoms with Crippen LogP contribution in [0.1, 0.15) is 22.3 Å². The zero-order valence-corrected chi connectivity index (χ0v) is 55.5. The van der Waals surface area contributed by atoms with E-state index in [0.29, 0.717) is 0 Å². The molecule has 0 unspecified atom stereocenters. The van der Waals surface area contributed by atoms with E-state index >= 15 is 0 Å². The van der Waals surface area contributed by atoms with Crippen LogP contribution < -0.4 is 0 Å². The van der Waals surface area contributed by atoms with Gasteiger partial charge in [-0.2, -0.15) is 0 Å². The Morgan fingerprint density at radius 1 is 0.176 bits per heavy atom. The number of para-hydroxylation sites is 6. The predicted octanol–water partition coefficient (Wildman–Crippen LogP) is 25.7. The van der Waals surface area contributed by atoms with Crippen LogP contribution in [0.5, 0.6) is 0 Å². The van der Waals surface area contributed by atoms with Gasteiger partial charge in [0.2, 0.25) is 0 Å². The van der Waals surface area contributed by atoms with Gasteiger partial charge in [-0.15, -0.1) is 0 Å². The van der Waals surface area contributed by atoms with Crippen molar-refractivity contribution in [2.75, 3.05) is 0 Å². The van der Waals surface area contributed by atoms with Crippen molar-refractivity contribution in [1.82, 2.24) is 17.9 Å². The summed E-state index contributed by atoms with van der Waals surface area (Å²) in [7, 11) is 0. The highest BCUT2D eigenvalue weighted by Gasteiger charge is 2.25. The summed E-state index contributed by atoms with van der Waals surface area (Å²) in [6.07, 6.45) is 1.99. The Bertz CT molecular complexity index is 7320. The first kappa shape index (κ1) is 55.7. The second-order valence-corrected chi connectivity index (χ2v) is 28.2. The third kappa shape index (κ3) is 7.92. The maximum Gasteiger partial charge on any atom is 0.0620 e. The highest BCUT2D eigenvalue weighted by atomic mass is 15.0. The normalized spacial score (nSPS) is 12.6. The molecule has 2 aliphatic rings. The van der Waals surface area contributed by atoms with Crippen LogP contribution >= 0.6 is 0 Å². The van der Waals surface area contributed by atoms with Crippen LogP contribution in [0.25, 0.3) is 198 Å². The molecule has 24 rings (SSSR count). The molecule has 0 radical (unpaired) electrons. The lowest BCUT2D eigenvalue weighted by Crippen LogP contribution is -1.95. The van der Waals surface area contributed by atoms with Crippen LogP contribution in [0.3, 0.4) is 0 Å². The summed E-state index contributed by atoms with van der Waals surface area (Å²) in [6.45, 7) is 0. The minimum absolute atomic E-state index is 0.976. The Hall–Kier alpha value is -13.3. The van der Waals surface area contributed by atoms with Gasteiger partial charge in [-0.05, 0) is 193 Å². The molecule has 4 heteroatoms. The van der Waals surface area contributed by atoms with Gasteiger partial charge in [0, 0.05) is 76.0 Å². The lowest BCUT2D eigenvalue weighted by Gasteiger charge is -2.13. The smallest absolute Gasteiger partial charge is 0.0620 e. The average molecular weight is 1290 g/mol. The Balaban J connectivity index is 0.000000126. The number of rotatable bonds is 6. The van der Waals surface area contributed by atoms with Crippen LogP contribution in [0.15, 0.2) is 340 Å². The van der Waals surface area contributed by atoms with Gasteiger partial charge in [0.15, 0.2) is 0 Å². The van der Waals surface area contributed by atoms with Crippen molar-refractivity contribution in [2.45, 2.75) is 12.8 Å². The molecule has 0 atom stereocenters. The van der Waals surface area contributed by atoms with Crippen molar-refractivity contribution >= 4 is 120 Å². The maximum absolute atomic E-state index is 2.47. The second-order valence-electron chi connectivity index (χ2n) is 28.2. The van der Waals surface area contributed by atoms with Crippen molar-refractivity contribution in [3.05, 3.63) is 362 Å². The molecule has 0 N–H and O–H groups in total. The molecule has 0 saturated carbocycles. The number of benzene rings is 16. The molecule has 4 nitrogen and oxygen atoms in total. The molecule has 0 saturated heterocycles. The van der Waals surface area contributed by atoms with E-state index in [-0.39, 0.29) is 0 Å². The van der Waals surface area contributed by atoms with E-state index in [1.165, 1.54) is 220 Å². The van der Waals surface area contributed by atoms with Gasteiger partial charge >= 0.3 is 0 Å². The standard InChI is InChI=1S/2C49H30N2/c1-2-13-35-33(10-1)28-43-36(16-8-17-37(35)43)32-11-7-12-34(26-32)50-45-20-5-4-15-39(45)44-27-30(23-25-47(44)50)31-22-24-40-42-19-9-18-41-38-14-3-6-21-46(38)51(49(41)42)48(40)29-31;1-2-12-37-34(9-1)25-35-20-19-31(27-43(35)37)30-10-7-11-36(26-30)50-45-17-5-4-14-39(45)44-28-32(22-24-47(44)50)33-21-23-40-42-16-8-15-41-38-13-3-6-18-46(38)51(49(41)42)48(40)29-33/h1-27,29H,28H2;1-24,26-29H,25H2. The molecule has 0 spiro atoms. The molecule has 22 aromatic rings. The number of hydrogen-bond acceptors (Lipinski definition) is 0. The van der Waals surface area contributed by atoms with Gasteiger partial charge in [-0.1, -0.05) is 249 Å². The fraction of sp³-hybridized carbons (Fsp3) is 0.0204. The van der Waals surface area contributed by atoms with Gasteiger partial charge in [-0.3, -0.25) is 0 Å². The van der Waals surface area contributed by atoms with Crippen molar-refractivity contribution in [1.29, 1.82) is 0 Å². The minimum Gasteiger partial charge on any atom is -0.309 e. The van der Waals surface area contributed by atoms with Gasteiger partial charge < -0.3 is 17.9 Å². The second kappa shape index (κ2) is 21.1. The fourth-order valence-corrected chi connectivity index (χ4v) is 18.4. The molecular weight excluding hydrogens is 1230 g/mol. The van der Waals surface area contributed by atoms with Crippen LogP contribution in [0.4, 0.5) is 0 Å². The van der Waals surface area contributed by atoms with E-state index in [4.69, 9.17) is 0 Å². The third-order valence-corrected chi connectivity index (χ3v) is 23.0. The van der Waals surface area contributed by atoms with E-state index in [2.05, 4.69) is 358 Å². The summed E-state index contributed by atoms with van der Waals surface area (Å²) >= 11 is 0. The summed E-state index contributed by atoms with van der Waals surface area (Å²) in [4.78, 5) is 0. The number of hydrogen-bond donors (Lipinski definition) is 0. The fourth-order valence-electron chi connectivity index (χ4n) is 18.4. The summed E-state index contributed by atoms with van der Waals surface area (Å²) in [6, 6.07) is 126. The SMILES string of the molecule is c1cc(-c2ccc3c(c2)-c2ccccc2C3)cc(-n2c3ccccc3c3cc(-c4ccc5c6cccc7c8ccccc8n(c5c4)c76)ccc32)c1.c1cc(-c2cccc3c2Cc2ccccc2-3)cc(-n2c3ccccc3c3cc(-c4ccc5c6cccc7c8ccccc8n(c5c4)c76)ccc32)c1. The molecule has 472 valence electrons. The molecule has 0 amide bonds. The van der Waals surface area contributed by atoms with Gasteiger partial charge in [0.1, 0.15) is 0 Å². The Morgan fingerprint density at radius 3 is 1.10 bits per heavy atom. The van der Waals surface area contributed by atoms with Crippen LogP contribution in [-0.4, -0.2) is 17.9 Å². The molecule has 0 bridgehead atoms. The first-order valence-corrected chi connectivity index (χ1v) is 35.6. The van der Waals surface area contributed by atoms with E-state index in [9.17, 15) is 0 Å². The van der Waals surface area contributed by atoms with E-state index < -0.39 is 0 Å². The summed E-state index contributed by atoms with van der Waals surface area (Å²) < 4.78 is 9.81. The van der Waals surface area contributed by atoms with Crippen molar-refractivity contribution in [3.63, 3.8) is 0 Å². The number of aromatic nitrogens is 4. The first-order valence-electron chi connectivity index (χ1n) is 35.6. The number of nitrogens with zero attached hydrogens (tertiary/aromatic N) is 4. The van der Waals surface area contributed by atoms with Crippen LogP contribution in [0, 0.1) is 0 Å². The highest BCUT2D eigenvalue weighted by Crippen LogP contribution is 2.47. The monoisotopic (exact) mass is 1290 g/mol. The Labute approximate surface area is 587 Å². The lowest BCUT2D eigenvalue weighted by atomic mass is 9.95. The minimum atomic E-state index is 0.976. The molecule has 6 aromatic heterocycles. The largest absolute Gasteiger partial charge is 0.309 e. The van der Waals surface area contributed by atoms with Gasteiger partial charge in [0.05, 0.1) is 55.2 Å². The predicted molar refractivity (Wildman–Crippen MR) is 429 cm³/mol. The number of fused-ring (bicyclic) bond motifs is 24. The van der Waals surface area contributed by atoms with Crippen LogP contribution in [0.2, 0.25) is 0 Å². The average Bonchev–Trinajstić information content (AvgIpc) is 1.54. The molecule has 0 aliphatic heterocycles. The van der Waals surface area contributed by atoms with E-state index in [1.807, 2.05) is 0 Å². The molecule has 2 aliphatic carbocycles. The van der Waals surface area contributed by atoms with Gasteiger partial charge in [0.25, 0.3) is 0 Å². The molecular formula is C98H60N4. The van der Waals surface area contributed by atoms with Crippen molar-refractivity contribution in [3.8, 4) is 78.1 Å². The van der Waals surface area contributed by atoms with Crippen LogP contribution in [-0.2, 0) is 12.8 Å². The maximum atomic E-state index is 2.47. The van der Waals surface area contributed by atoms with E-state index in [1.54, 1.807) is 0 Å². The topological polar surface area (TPSA) is 18.7 Å².